The second-order valence-corrected chi connectivity index (χ2v) is 9.67. The summed E-state index contributed by atoms with van der Waals surface area (Å²) >= 11 is 0. The van der Waals surface area contributed by atoms with E-state index in [1.807, 2.05) is 37.3 Å². The van der Waals surface area contributed by atoms with Crippen LogP contribution in [0.2, 0.25) is 0 Å². The van der Waals surface area contributed by atoms with Gasteiger partial charge in [-0.25, -0.2) is 4.79 Å². The molecule has 0 radical (unpaired) electrons. The number of carbonyl (C=O) groups excluding carboxylic acids is 4. The van der Waals surface area contributed by atoms with Gasteiger partial charge in [0, 0.05) is 24.1 Å². The van der Waals surface area contributed by atoms with Crippen LogP contribution in [-0.4, -0.2) is 40.3 Å². The molecule has 0 bridgehead atoms. The zero-order valence-corrected chi connectivity index (χ0v) is 19.0. The third-order valence-corrected chi connectivity index (χ3v) is 7.03. The van der Waals surface area contributed by atoms with Crippen molar-refractivity contribution in [3.63, 3.8) is 0 Å². The first-order chi connectivity index (χ1) is 16.3. The van der Waals surface area contributed by atoms with Crippen molar-refractivity contribution in [1.29, 1.82) is 0 Å². The van der Waals surface area contributed by atoms with Crippen LogP contribution < -0.4 is 10.6 Å². The second kappa shape index (κ2) is 8.59. The zero-order valence-electron chi connectivity index (χ0n) is 19.0. The quantitative estimate of drug-likeness (QED) is 0.666. The molecule has 2 fully saturated rings. The minimum Gasteiger partial charge on any atom is -0.445 e. The normalized spacial score (nSPS) is 25.9. The molecule has 1 aliphatic carbocycles. The van der Waals surface area contributed by atoms with Gasteiger partial charge in [-0.05, 0) is 54.9 Å². The summed E-state index contributed by atoms with van der Waals surface area (Å²) in [4.78, 5) is 50.4. The first kappa shape index (κ1) is 22.1. The Morgan fingerprint density at radius 3 is 2.65 bits per heavy atom. The van der Waals surface area contributed by atoms with Gasteiger partial charge in [-0.15, -0.1) is 0 Å². The van der Waals surface area contributed by atoms with Gasteiger partial charge in [-0.2, -0.15) is 0 Å². The van der Waals surface area contributed by atoms with E-state index in [1.54, 1.807) is 6.07 Å². The summed E-state index contributed by atoms with van der Waals surface area (Å²) in [7, 11) is 0. The summed E-state index contributed by atoms with van der Waals surface area (Å²) in [6, 6.07) is 15.0. The zero-order chi connectivity index (χ0) is 23.9. The molecule has 1 saturated carbocycles. The molecule has 4 amide bonds. The van der Waals surface area contributed by atoms with Gasteiger partial charge in [-0.1, -0.05) is 42.5 Å². The van der Waals surface area contributed by atoms with Crippen LogP contribution in [0, 0.1) is 0 Å². The number of carbonyl (C=O) groups is 4. The molecule has 1 unspecified atom stereocenters. The molecule has 1 saturated heterocycles. The lowest BCUT2D eigenvalue weighted by atomic mass is 9.67. The van der Waals surface area contributed by atoms with Gasteiger partial charge in [0.05, 0.1) is 0 Å². The Hall–Kier alpha value is -3.68. The molecule has 8 heteroatoms. The number of fused-ring (bicyclic) bond motifs is 1. The highest BCUT2D eigenvalue weighted by molar-refractivity contribution is 6.05. The van der Waals surface area contributed by atoms with Crippen LogP contribution in [0.25, 0.3) is 0 Å². The molecular formula is C26H27N3O5. The number of piperidine rings is 1. The molecule has 34 heavy (non-hydrogen) atoms. The molecule has 2 aliphatic heterocycles. The number of rotatable bonds is 5. The Balaban J connectivity index is 1.15. The van der Waals surface area contributed by atoms with E-state index in [2.05, 4.69) is 22.8 Å². The second-order valence-electron chi connectivity index (χ2n) is 9.67. The van der Waals surface area contributed by atoms with E-state index in [-0.39, 0.29) is 30.4 Å². The minimum absolute atomic E-state index is 0.0446. The van der Waals surface area contributed by atoms with Gasteiger partial charge >= 0.3 is 6.09 Å². The molecule has 176 valence electrons. The average Bonchev–Trinajstić information content (AvgIpc) is 3.12. The van der Waals surface area contributed by atoms with Crippen LogP contribution >= 0.6 is 0 Å². The van der Waals surface area contributed by atoms with Crippen LogP contribution in [0.4, 0.5) is 4.79 Å². The van der Waals surface area contributed by atoms with Crippen molar-refractivity contribution >= 4 is 23.8 Å². The van der Waals surface area contributed by atoms with E-state index in [1.165, 1.54) is 10.5 Å². The summed E-state index contributed by atoms with van der Waals surface area (Å²) in [5, 5.41) is 5.28. The topological polar surface area (TPSA) is 105 Å². The summed E-state index contributed by atoms with van der Waals surface area (Å²) in [5.41, 5.74) is 3.01. The number of hydrogen-bond acceptors (Lipinski definition) is 5. The number of imide groups is 1. The molecule has 2 aromatic carbocycles. The summed E-state index contributed by atoms with van der Waals surface area (Å²) in [5.74, 6) is -0.558. The van der Waals surface area contributed by atoms with Gasteiger partial charge in [0.25, 0.3) is 5.91 Å². The summed E-state index contributed by atoms with van der Waals surface area (Å²) in [6.07, 6.45) is 1.77. The Kier molecular flexibility index (Phi) is 5.59. The first-order valence-electron chi connectivity index (χ1n) is 11.6. The number of nitrogens with one attached hydrogen (secondary N) is 2. The Labute approximate surface area is 197 Å². The van der Waals surface area contributed by atoms with Crippen molar-refractivity contribution in [3.05, 3.63) is 70.8 Å². The number of nitrogens with zero attached hydrogens (tertiary/aromatic N) is 1. The van der Waals surface area contributed by atoms with Crippen molar-refractivity contribution in [2.24, 2.45) is 0 Å². The van der Waals surface area contributed by atoms with Crippen molar-refractivity contribution < 1.29 is 23.9 Å². The molecule has 0 aromatic heterocycles. The van der Waals surface area contributed by atoms with Gasteiger partial charge < -0.3 is 15.0 Å². The lowest BCUT2D eigenvalue weighted by Gasteiger charge is -2.45. The number of ether oxygens (including phenoxy) is 1. The molecule has 1 atom stereocenters. The van der Waals surface area contributed by atoms with E-state index in [0.29, 0.717) is 30.0 Å². The largest absolute Gasteiger partial charge is 0.445 e. The number of amides is 4. The van der Waals surface area contributed by atoms with Crippen LogP contribution in [0.3, 0.4) is 0 Å². The lowest BCUT2D eigenvalue weighted by Crippen LogP contribution is -2.54. The molecule has 5 rings (SSSR count). The molecule has 2 heterocycles. The molecule has 2 aromatic rings. The van der Waals surface area contributed by atoms with Crippen molar-refractivity contribution in [1.82, 2.24) is 15.5 Å². The molecule has 8 nitrogen and oxygen atoms in total. The molecule has 2 N–H and O–H groups in total. The third-order valence-electron chi connectivity index (χ3n) is 7.03. The van der Waals surface area contributed by atoms with Crippen LogP contribution in [0.15, 0.2) is 48.5 Å². The fourth-order valence-corrected chi connectivity index (χ4v) is 5.21. The number of alkyl carbamates (subject to hydrolysis) is 1. The minimum atomic E-state index is -0.647. The Morgan fingerprint density at radius 1 is 1.15 bits per heavy atom. The van der Waals surface area contributed by atoms with Crippen LogP contribution in [0.1, 0.15) is 65.6 Å². The highest BCUT2D eigenvalue weighted by Crippen LogP contribution is 2.44. The predicted molar refractivity (Wildman–Crippen MR) is 123 cm³/mol. The number of hydrogen-bond donors (Lipinski definition) is 2. The van der Waals surface area contributed by atoms with E-state index < -0.39 is 18.0 Å². The fourth-order valence-electron chi connectivity index (χ4n) is 5.21. The molecule has 3 aliphatic rings. The van der Waals surface area contributed by atoms with Gasteiger partial charge in [0.1, 0.15) is 12.6 Å². The van der Waals surface area contributed by atoms with Gasteiger partial charge in [0.15, 0.2) is 0 Å². The smallest absolute Gasteiger partial charge is 0.407 e. The highest BCUT2D eigenvalue weighted by atomic mass is 16.5. The first-order valence-corrected chi connectivity index (χ1v) is 11.6. The van der Waals surface area contributed by atoms with E-state index in [0.717, 1.165) is 18.4 Å². The van der Waals surface area contributed by atoms with Crippen LogP contribution in [0.5, 0.6) is 0 Å². The predicted octanol–water partition coefficient (Wildman–Crippen LogP) is 3.01. The van der Waals surface area contributed by atoms with Crippen molar-refractivity contribution in [2.75, 3.05) is 0 Å². The van der Waals surface area contributed by atoms with Crippen molar-refractivity contribution in [2.45, 2.75) is 63.3 Å². The SMILES string of the molecule is C[C@]1(NC(=O)OCc2ccc3c(c2)C(=O)N(C2CCC(=O)NC2=O)C3)C[C@@H](c2ccccc2)C1. The fraction of sp³-hybridized carbons (Fsp3) is 0.385. The summed E-state index contributed by atoms with van der Waals surface area (Å²) < 4.78 is 5.43. The molecule has 0 spiro atoms. The maximum Gasteiger partial charge on any atom is 0.407 e. The van der Waals surface area contributed by atoms with E-state index in [9.17, 15) is 19.2 Å². The monoisotopic (exact) mass is 461 g/mol. The maximum atomic E-state index is 12.9. The average molecular weight is 462 g/mol. The number of benzene rings is 2. The van der Waals surface area contributed by atoms with Gasteiger partial charge in [-0.3, -0.25) is 19.7 Å². The highest BCUT2D eigenvalue weighted by Gasteiger charge is 2.42. The third kappa shape index (κ3) is 4.27. The molecular weight excluding hydrogens is 434 g/mol. The van der Waals surface area contributed by atoms with Gasteiger partial charge in [0.2, 0.25) is 11.8 Å². The van der Waals surface area contributed by atoms with Crippen LogP contribution in [-0.2, 0) is 27.5 Å². The van der Waals surface area contributed by atoms with E-state index in [4.69, 9.17) is 4.74 Å². The van der Waals surface area contributed by atoms with Crippen molar-refractivity contribution in [3.8, 4) is 0 Å². The van der Waals surface area contributed by atoms with E-state index >= 15 is 0 Å². The lowest BCUT2D eigenvalue weighted by molar-refractivity contribution is -0.136. The Morgan fingerprint density at radius 2 is 1.91 bits per heavy atom. The maximum absolute atomic E-state index is 12.9. The standard InChI is InChI=1S/C26H27N3O5/c1-26(12-19(13-26)17-5-3-2-4-6-17)28-25(33)34-15-16-7-8-18-14-29(24(32)20(18)11-16)21-9-10-22(30)27-23(21)31/h2-8,11,19,21H,9-10,12-15H2,1H3,(H,28,33)(H,27,30,31)/t19-,21?,26+. The summed E-state index contributed by atoms with van der Waals surface area (Å²) in [6.45, 7) is 2.39. The Bertz CT molecular complexity index is 1160.